The molecule has 0 aliphatic rings. The first-order chi connectivity index (χ1) is 8.43. The Balaban J connectivity index is 1.70. The van der Waals surface area contributed by atoms with Crippen molar-refractivity contribution in [1.29, 1.82) is 0 Å². The number of aromatic amines is 1. The standard InChI is InChI=1S/C11H11N5S/c1-2-8(17-5-1)3-4-12-10-9-11(14-6-13-9)16-7-15-10/h1-2,5-7H,3-4H2,(H2,12,13,14,15,16). The van der Waals surface area contributed by atoms with Crippen LogP contribution in [-0.2, 0) is 6.42 Å². The lowest BCUT2D eigenvalue weighted by atomic mass is 10.3. The number of aromatic nitrogens is 4. The molecular weight excluding hydrogens is 234 g/mol. The molecule has 5 nitrogen and oxygen atoms in total. The summed E-state index contributed by atoms with van der Waals surface area (Å²) >= 11 is 1.77. The molecule has 0 bridgehead atoms. The lowest BCUT2D eigenvalue weighted by molar-refractivity contribution is 1.02. The van der Waals surface area contributed by atoms with Crippen molar-refractivity contribution in [1.82, 2.24) is 19.9 Å². The topological polar surface area (TPSA) is 66.5 Å². The zero-order valence-corrected chi connectivity index (χ0v) is 9.87. The molecule has 3 aromatic rings. The van der Waals surface area contributed by atoms with Crippen LogP contribution in [0.3, 0.4) is 0 Å². The van der Waals surface area contributed by atoms with Crippen molar-refractivity contribution in [2.75, 3.05) is 11.9 Å². The lowest BCUT2D eigenvalue weighted by Crippen LogP contribution is -2.06. The van der Waals surface area contributed by atoms with Crippen molar-refractivity contribution in [3.05, 3.63) is 35.0 Å². The summed E-state index contributed by atoms with van der Waals surface area (Å²) in [7, 11) is 0. The highest BCUT2D eigenvalue weighted by Crippen LogP contribution is 2.15. The predicted octanol–water partition coefficient (Wildman–Crippen LogP) is 2.07. The van der Waals surface area contributed by atoms with Crippen LogP contribution in [0, 0.1) is 0 Å². The summed E-state index contributed by atoms with van der Waals surface area (Å²) in [4.78, 5) is 16.8. The van der Waals surface area contributed by atoms with Crippen molar-refractivity contribution in [3.63, 3.8) is 0 Å². The van der Waals surface area contributed by atoms with Crippen LogP contribution in [0.15, 0.2) is 30.2 Å². The fraction of sp³-hybridized carbons (Fsp3) is 0.182. The van der Waals surface area contributed by atoms with Crippen LogP contribution in [0.1, 0.15) is 4.88 Å². The molecule has 0 saturated heterocycles. The van der Waals surface area contributed by atoms with Gasteiger partial charge in [0.25, 0.3) is 0 Å². The molecule has 0 saturated carbocycles. The number of anilines is 1. The van der Waals surface area contributed by atoms with Gasteiger partial charge in [0.15, 0.2) is 11.5 Å². The zero-order chi connectivity index (χ0) is 11.5. The summed E-state index contributed by atoms with van der Waals surface area (Å²) < 4.78 is 0. The number of fused-ring (bicyclic) bond motifs is 1. The zero-order valence-electron chi connectivity index (χ0n) is 9.05. The first-order valence-electron chi connectivity index (χ1n) is 5.34. The second kappa shape index (κ2) is 4.50. The fourth-order valence-electron chi connectivity index (χ4n) is 1.66. The molecule has 86 valence electrons. The Labute approximate surface area is 102 Å². The van der Waals surface area contributed by atoms with Crippen LogP contribution >= 0.6 is 11.3 Å². The Kier molecular flexibility index (Phi) is 2.71. The van der Waals surface area contributed by atoms with Crippen molar-refractivity contribution in [2.45, 2.75) is 6.42 Å². The molecule has 17 heavy (non-hydrogen) atoms. The van der Waals surface area contributed by atoms with E-state index in [4.69, 9.17) is 0 Å². The number of rotatable bonds is 4. The van der Waals surface area contributed by atoms with Gasteiger partial charge in [-0.3, -0.25) is 0 Å². The number of nitrogens with zero attached hydrogens (tertiary/aromatic N) is 3. The molecule has 0 aliphatic heterocycles. The van der Waals surface area contributed by atoms with E-state index in [-0.39, 0.29) is 0 Å². The van der Waals surface area contributed by atoms with Gasteiger partial charge >= 0.3 is 0 Å². The van der Waals surface area contributed by atoms with E-state index in [9.17, 15) is 0 Å². The van der Waals surface area contributed by atoms with Crippen LogP contribution < -0.4 is 5.32 Å². The van der Waals surface area contributed by atoms with E-state index in [1.165, 1.54) is 11.2 Å². The number of hydrogen-bond acceptors (Lipinski definition) is 5. The van der Waals surface area contributed by atoms with Crippen molar-refractivity contribution >= 4 is 28.3 Å². The first kappa shape index (κ1) is 10.2. The van der Waals surface area contributed by atoms with Gasteiger partial charge < -0.3 is 10.3 Å². The molecule has 0 radical (unpaired) electrons. The highest BCUT2D eigenvalue weighted by molar-refractivity contribution is 7.09. The monoisotopic (exact) mass is 245 g/mol. The first-order valence-corrected chi connectivity index (χ1v) is 6.22. The van der Waals surface area contributed by atoms with Gasteiger partial charge in [0.2, 0.25) is 0 Å². The Morgan fingerprint density at radius 1 is 1.29 bits per heavy atom. The van der Waals surface area contributed by atoms with Crippen molar-refractivity contribution in [2.24, 2.45) is 0 Å². The minimum atomic E-state index is 0.693. The van der Waals surface area contributed by atoms with Gasteiger partial charge in [0.1, 0.15) is 11.8 Å². The van der Waals surface area contributed by atoms with Crippen molar-refractivity contribution < 1.29 is 0 Å². The number of hydrogen-bond donors (Lipinski definition) is 2. The maximum atomic E-state index is 4.21. The van der Waals surface area contributed by atoms with E-state index in [0.717, 1.165) is 24.3 Å². The summed E-state index contributed by atoms with van der Waals surface area (Å²) in [5.74, 6) is 0.809. The third kappa shape index (κ3) is 2.12. The molecule has 0 atom stereocenters. The molecule has 6 heteroatoms. The van der Waals surface area contributed by atoms with Crippen LogP contribution in [0.5, 0.6) is 0 Å². The number of imidazole rings is 1. The summed E-state index contributed by atoms with van der Waals surface area (Å²) in [6, 6.07) is 4.20. The van der Waals surface area contributed by atoms with Crippen LogP contribution in [0.2, 0.25) is 0 Å². The molecule has 3 heterocycles. The van der Waals surface area contributed by atoms with Gasteiger partial charge in [0.05, 0.1) is 6.33 Å². The molecule has 0 spiro atoms. The van der Waals surface area contributed by atoms with E-state index < -0.39 is 0 Å². The van der Waals surface area contributed by atoms with Gasteiger partial charge in [-0.1, -0.05) is 6.07 Å². The van der Waals surface area contributed by atoms with Gasteiger partial charge in [-0.15, -0.1) is 11.3 Å². The van der Waals surface area contributed by atoms with Gasteiger partial charge in [-0.05, 0) is 17.9 Å². The Morgan fingerprint density at radius 3 is 3.18 bits per heavy atom. The number of nitrogens with one attached hydrogen (secondary N) is 2. The fourth-order valence-corrected chi connectivity index (χ4v) is 2.37. The molecule has 0 aliphatic carbocycles. The maximum absolute atomic E-state index is 4.21. The van der Waals surface area contributed by atoms with Gasteiger partial charge in [-0.2, -0.15) is 0 Å². The normalized spacial score (nSPS) is 10.8. The molecule has 0 unspecified atom stereocenters. The van der Waals surface area contributed by atoms with E-state index in [1.54, 1.807) is 17.7 Å². The van der Waals surface area contributed by atoms with E-state index in [2.05, 4.69) is 42.8 Å². The third-order valence-corrected chi connectivity index (χ3v) is 3.40. The summed E-state index contributed by atoms with van der Waals surface area (Å²) in [6.07, 6.45) is 4.15. The smallest absolute Gasteiger partial charge is 0.182 e. The van der Waals surface area contributed by atoms with Gasteiger partial charge in [0, 0.05) is 11.4 Å². The molecule has 0 fully saturated rings. The van der Waals surface area contributed by atoms with Crippen LogP contribution in [-0.4, -0.2) is 26.5 Å². The third-order valence-electron chi connectivity index (χ3n) is 2.47. The van der Waals surface area contributed by atoms with E-state index >= 15 is 0 Å². The molecule has 0 amide bonds. The summed E-state index contributed by atoms with van der Waals surface area (Å²) in [6.45, 7) is 0.853. The number of thiophene rings is 1. The average molecular weight is 245 g/mol. The molecule has 3 aromatic heterocycles. The Hall–Kier alpha value is -1.95. The Morgan fingerprint density at radius 2 is 2.29 bits per heavy atom. The predicted molar refractivity (Wildman–Crippen MR) is 68.2 cm³/mol. The minimum Gasteiger partial charge on any atom is -0.368 e. The van der Waals surface area contributed by atoms with E-state index in [1.807, 2.05) is 0 Å². The molecular formula is C11H11N5S. The van der Waals surface area contributed by atoms with Gasteiger partial charge in [-0.25, -0.2) is 15.0 Å². The van der Waals surface area contributed by atoms with E-state index in [0.29, 0.717) is 5.65 Å². The minimum absolute atomic E-state index is 0.693. The highest BCUT2D eigenvalue weighted by atomic mass is 32.1. The maximum Gasteiger partial charge on any atom is 0.182 e. The second-order valence-electron chi connectivity index (χ2n) is 3.58. The number of H-pyrrole nitrogens is 1. The second-order valence-corrected chi connectivity index (χ2v) is 4.61. The largest absolute Gasteiger partial charge is 0.368 e. The molecule has 0 aromatic carbocycles. The SMILES string of the molecule is c1csc(CCNc2ncnc3nc[nH]c23)c1. The quantitative estimate of drug-likeness (QED) is 0.738. The molecule has 2 N–H and O–H groups in total. The highest BCUT2D eigenvalue weighted by Gasteiger charge is 2.04. The van der Waals surface area contributed by atoms with Crippen LogP contribution in [0.25, 0.3) is 11.2 Å². The van der Waals surface area contributed by atoms with Crippen molar-refractivity contribution in [3.8, 4) is 0 Å². The molecule has 3 rings (SSSR count). The Bertz CT molecular complexity index is 601. The average Bonchev–Trinajstić information content (AvgIpc) is 2.99. The summed E-state index contributed by atoms with van der Waals surface area (Å²) in [5, 5.41) is 5.39. The summed E-state index contributed by atoms with van der Waals surface area (Å²) in [5.41, 5.74) is 1.55. The van der Waals surface area contributed by atoms with Crippen LogP contribution in [0.4, 0.5) is 5.82 Å². The lowest BCUT2D eigenvalue weighted by Gasteiger charge is -2.04.